The summed E-state index contributed by atoms with van der Waals surface area (Å²) in [4.78, 5) is 0. The summed E-state index contributed by atoms with van der Waals surface area (Å²) in [7, 11) is -3.66. The van der Waals surface area contributed by atoms with Gasteiger partial charge in [-0.3, -0.25) is 9.82 Å². The standard InChI is InChI=1S/C14H20N4O2S/c1-3-8-15-9-12-10-16-17-14(12)21(19,20)18-13-6-4-11(2)5-7-13/h4-7,10,15,18H,3,8-9H2,1-2H3,(H,16,17). The minimum Gasteiger partial charge on any atom is -0.313 e. The predicted molar refractivity (Wildman–Crippen MR) is 82.6 cm³/mol. The highest BCUT2D eigenvalue weighted by molar-refractivity contribution is 7.92. The smallest absolute Gasteiger partial charge is 0.279 e. The van der Waals surface area contributed by atoms with E-state index in [1.807, 2.05) is 19.1 Å². The molecule has 3 N–H and O–H groups in total. The number of anilines is 1. The minimum atomic E-state index is -3.66. The van der Waals surface area contributed by atoms with E-state index >= 15 is 0 Å². The second kappa shape index (κ2) is 6.73. The van der Waals surface area contributed by atoms with E-state index in [2.05, 4.69) is 27.2 Å². The molecular weight excluding hydrogens is 288 g/mol. The Kier molecular flexibility index (Phi) is 4.98. The number of aromatic nitrogens is 2. The number of nitrogens with zero attached hydrogens (tertiary/aromatic N) is 1. The molecule has 0 saturated carbocycles. The third-order valence-corrected chi connectivity index (χ3v) is 4.39. The van der Waals surface area contributed by atoms with E-state index < -0.39 is 10.0 Å². The molecule has 0 aliphatic heterocycles. The number of aryl methyl sites for hydroxylation is 1. The quantitative estimate of drug-likeness (QED) is 0.683. The van der Waals surface area contributed by atoms with Crippen molar-refractivity contribution in [2.75, 3.05) is 11.3 Å². The first kappa shape index (κ1) is 15.5. The monoisotopic (exact) mass is 308 g/mol. The predicted octanol–water partition coefficient (Wildman–Crippen LogP) is 2.02. The average molecular weight is 308 g/mol. The van der Waals surface area contributed by atoms with Gasteiger partial charge in [-0.05, 0) is 32.0 Å². The molecule has 6 nitrogen and oxygen atoms in total. The van der Waals surface area contributed by atoms with E-state index in [-0.39, 0.29) is 5.03 Å². The van der Waals surface area contributed by atoms with E-state index in [1.165, 1.54) is 6.20 Å². The van der Waals surface area contributed by atoms with Gasteiger partial charge in [0.2, 0.25) is 0 Å². The number of benzene rings is 1. The van der Waals surface area contributed by atoms with Gasteiger partial charge in [0.15, 0.2) is 5.03 Å². The summed E-state index contributed by atoms with van der Waals surface area (Å²) < 4.78 is 27.3. The first-order valence-electron chi connectivity index (χ1n) is 6.85. The van der Waals surface area contributed by atoms with Gasteiger partial charge in [-0.15, -0.1) is 0 Å². The van der Waals surface area contributed by atoms with Crippen molar-refractivity contribution in [3.63, 3.8) is 0 Å². The van der Waals surface area contributed by atoms with E-state index in [9.17, 15) is 8.42 Å². The fourth-order valence-electron chi connectivity index (χ4n) is 1.89. The topological polar surface area (TPSA) is 86.9 Å². The SMILES string of the molecule is CCCNCc1cn[nH]c1S(=O)(=O)Nc1ccc(C)cc1. The first-order chi connectivity index (χ1) is 10.0. The summed E-state index contributed by atoms with van der Waals surface area (Å²) in [5.41, 5.74) is 2.23. The van der Waals surface area contributed by atoms with Crippen LogP contribution in [0.3, 0.4) is 0 Å². The molecular formula is C14H20N4O2S. The summed E-state index contributed by atoms with van der Waals surface area (Å²) in [5, 5.41) is 9.68. The highest BCUT2D eigenvalue weighted by atomic mass is 32.2. The van der Waals surface area contributed by atoms with E-state index in [1.54, 1.807) is 12.1 Å². The number of H-pyrrole nitrogens is 1. The third-order valence-electron chi connectivity index (χ3n) is 2.99. The van der Waals surface area contributed by atoms with Crippen LogP contribution >= 0.6 is 0 Å². The molecule has 2 rings (SSSR count). The number of nitrogens with one attached hydrogen (secondary N) is 3. The van der Waals surface area contributed by atoms with Crippen LogP contribution in [0.5, 0.6) is 0 Å². The summed E-state index contributed by atoms with van der Waals surface area (Å²) in [6.45, 7) is 5.30. The van der Waals surface area contributed by atoms with Gasteiger partial charge < -0.3 is 5.32 Å². The van der Waals surface area contributed by atoms with E-state index in [4.69, 9.17) is 0 Å². The van der Waals surface area contributed by atoms with Crippen LogP contribution in [-0.4, -0.2) is 25.2 Å². The Morgan fingerprint density at radius 2 is 1.95 bits per heavy atom. The number of sulfonamides is 1. The van der Waals surface area contributed by atoms with Crippen molar-refractivity contribution in [3.05, 3.63) is 41.6 Å². The van der Waals surface area contributed by atoms with Crippen molar-refractivity contribution in [1.29, 1.82) is 0 Å². The molecule has 0 amide bonds. The van der Waals surface area contributed by atoms with Crippen LogP contribution in [0.15, 0.2) is 35.5 Å². The van der Waals surface area contributed by atoms with Gasteiger partial charge in [0.1, 0.15) is 0 Å². The molecule has 0 aliphatic carbocycles. The fourth-order valence-corrected chi connectivity index (χ4v) is 3.08. The van der Waals surface area contributed by atoms with Crippen LogP contribution in [0.25, 0.3) is 0 Å². The van der Waals surface area contributed by atoms with Gasteiger partial charge in [-0.1, -0.05) is 24.6 Å². The molecule has 21 heavy (non-hydrogen) atoms. The second-order valence-corrected chi connectivity index (χ2v) is 6.49. The number of hydrogen-bond acceptors (Lipinski definition) is 4. The number of aromatic amines is 1. The van der Waals surface area contributed by atoms with Crippen LogP contribution < -0.4 is 10.0 Å². The fraction of sp³-hybridized carbons (Fsp3) is 0.357. The lowest BCUT2D eigenvalue weighted by Gasteiger charge is -2.09. The maximum Gasteiger partial charge on any atom is 0.279 e. The van der Waals surface area contributed by atoms with Crippen molar-refractivity contribution in [1.82, 2.24) is 15.5 Å². The normalized spacial score (nSPS) is 11.5. The zero-order valence-corrected chi connectivity index (χ0v) is 13.0. The van der Waals surface area contributed by atoms with Crippen LogP contribution in [0, 0.1) is 6.92 Å². The second-order valence-electron chi connectivity index (χ2n) is 4.87. The Morgan fingerprint density at radius 1 is 1.24 bits per heavy atom. The lowest BCUT2D eigenvalue weighted by Crippen LogP contribution is -2.19. The van der Waals surface area contributed by atoms with Crippen molar-refractivity contribution >= 4 is 15.7 Å². The molecule has 114 valence electrons. The molecule has 0 unspecified atom stereocenters. The minimum absolute atomic E-state index is 0.103. The van der Waals surface area contributed by atoms with E-state index in [0.29, 0.717) is 17.8 Å². The van der Waals surface area contributed by atoms with Gasteiger partial charge in [-0.25, -0.2) is 0 Å². The highest BCUT2D eigenvalue weighted by Crippen LogP contribution is 2.17. The zero-order chi connectivity index (χ0) is 15.3. The lowest BCUT2D eigenvalue weighted by atomic mass is 10.2. The molecule has 0 aliphatic rings. The molecule has 1 aromatic carbocycles. The number of hydrogen-bond donors (Lipinski definition) is 3. The molecule has 0 radical (unpaired) electrons. The van der Waals surface area contributed by atoms with Gasteiger partial charge >= 0.3 is 0 Å². The van der Waals surface area contributed by atoms with Crippen LogP contribution in [-0.2, 0) is 16.6 Å². The average Bonchev–Trinajstić information content (AvgIpc) is 2.91. The molecule has 0 fully saturated rings. The molecule has 0 bridgehead atoms. The summed E-state index contributed by atoms with van der Waals surface area (Å²) >= 11 is 0. The Bertz CT molecular complexity index is 677. The molecule has 0 atom stereocenters. The van der Waals surface area contributed by atoms with Crippen LogP contribution in [0.4, 0.5) is 5.69 Å². The molecule has 0 spiro atoms. The third kappa shape index (κ3) is 4.05. The molecule has 0 saturated heterocycles. The molecule has 1 aromatic heterocycles. The Balaban J connectivity index is 2.16. The maximum atomic E-state index is 12.4. The van der Waals surface area contributed by atoms with Crippen LogP contribution in [0.2, 0.25) is 0 Å². The summed E-state index contributed by atoms with van der Waals surface area (Å²) in [5.74, 6) is 0. The van der Waals surface area contributed by atoms with Crippen molar-refractivity contribution in [2.24, 2.45) is 0 Å². The highest BCUT2D eigenvalue weighted by Gasteiger charge is 2.20. The molecule has 7 heteroatoms. The van der Waals surface area contributed by atoms with Gasteiger partial charge in [0.05, 0.1) is 6.20 Å². The lowest BCUT2D eigenvalue weighted by molar-refractivity contribution is 0.593. The Morgan fingerprint density at radius 3 is 2.62 bits per heavy atom. The van der Waals surface area contributed by atoms with E-state index in [0.717, 1.165) is 18.5 Å². The van der Waals surface area contributed by atoms with Gasteiger partial charge in [-0.2, -0.15) is 13.5 Å². The first-order valence-corrected chi connectivity index (χ1v) is 8.33. The van der Waals surface area contributed by atoms with Gasteiger partial charge in [0, 0.05) is 17.8 Å². The largest absolute Gasteiger partial charge is 0.313 e. The molecule has 1 heterocycles. The Labute approximate surface area is 125 Å². The van der Waals surface area contributed by atoms with Crippen molar-refractivity contribution in [2.45, 2.75) is 31.8 Å². The number of rotatable bonds is 7. The van der Waals surface area contributed by atoms with Crippen molar-refractivity contribution in [3.8, 4) is 0 Å². The van der Waals surface area contributed by atoms with Crippen molar-refractivity contribution < 1.29 is 8.42 Å². The van der Waals surface area contributed by atoms with Gasteiger partial charge in [0.25, 0.3) is 10.0 Å². The zero-order valence-electron chi connectivity index (χ0n) is 12.2. The molecule has 2 aromatic rings. The summed E-state index contributed by atoms with van der Waals surface area (Å²) in [6, 6.07) is 7.18. The Hall–Kier alpha value is -1.86. The summed E-state index contributed by atoms with van der Waals surface area (Å²) in [6.07, 6.45) is 2.52. The van der Waals surface area contributed by atoms with Crippen LogP contribution in [0.1, 0.15) is 24.5 Å². The maximum absolute atomic E-state index is 12.4.